The number of thiazole rings is 1. The number of benzene rings is 1. The minimum absolute atomic E-state index is 0.158. The highest BCUT2D eigenvalue weighted by atomic mass is 79.9. The van der Waals surface area contributed by atoms with Crippen LogP contribution < -0.4 is 10.6 Å². The first-order valence-electron chi connectivity index (χ1n) is 8.35. The summed E-state index contributed by atoms with van der Waals surface area (Å²) in [6.07, 6.45) is 1.63. The molecule has 3 rings (SSSR count). The molecule has 0 aliphatic heterocycles. The number of amides is 2. The molecule has 8 nitrogen and oxygen atoms in total. The predicted octanol–water partition coefficient (Wildman–Crippen LogP) is 3.18. The number of rotatable bonds is 8. The highest BCUT2D eigenvalue weighted by Gasteiger charge is 2.15. The molecule has 0 spiro atoms. The molecule has 0 saturated carbocycles. The highest BCUT2D eigenvalue weighted by Crippen LogP contribution is 2.19. The van der Waals surface area contributed by atoms with Crippen LogP contribution in [-0.2, 0) is 17.9 Å². The Balaban J connectivity index is 1.58. The molecule has 11 heteroatoms. The summed E-state index contributed by atoms with van der Waals surface area (Å²) < 4.78 is 2.61. The zero-order chi connectivity index (χ0) is 19.9. The molecule has 28 heavy (non-hydrogen) atoms. The summed E-state index contributed by atoms with van der Waals surface area (Å²) in [5.74, 6) is 0.469. The predicted molar refractivity (Wildman–Crippen MR) is 112 cm³/mol. The topological polar surface area (TPSA) is 102 Å². The maximum absolute atomic E-state index is 12.4. The van der Waals surface area contributed by atoms with Crippen LogP contribution in [0.3, 0.4) is 0 Å². The van der Waals surface area contributed by atoms with E-state index in [0.717, 1.165) is 4.47 Å². The SMILES string of the molecule is CCn1c(CNC(=O)c2ccccc2Br)nnc1SCC(=O)Nc1nccs1. The third kappa shape index (κ3) is 5.18. The van der Waals surface area contributed by atoms with Gasteiger partial charge in [-0.3, -0.25) is 9.59 Å². The number of nitrogens with one attached hydrogen (secondary N) is 2. The molecular formula is C17H17BrN6O2S2. The Morgan fingerprint density at radius 2 is 2.11 bits per heavy atom. The molecule has 3 aromatic rings. The van der Waals surface area contributed by atoms with Gasteiger partial charge in [-0.05, 0) is 35.0 Å². The third-order valence-electron chi connectivity index (χ3n) is 3.65. The van der Waals surface area contributed by atoms with Gasteiger partial charge in [-0.25, -0.2) is 4.98 Å². The first-order valence-corrected chi connectivity index (χ1v) is 11.0. The fraction of sp³-hybridized carbons (Fsp3) is 0.235. The van der Waals surface area contributed by atoms with Gasteiger partial charge in [0.1, 0.15) is 0 Å². The van der Waals surface area contributed by atoms with Crippen molar-refractivity contribution < 1.29 is 9.59 Å². The van der Waals surface area contributed by atoms with Crippen LogP contribution in [0.25, 0.3) is 0 Å². The number of thioether (sulfide) groups is 1. The number of carbonyl (C=O) groups excluding carboxylic acids is 2. The maximum Gasteiger partial charge on any atom is 0.252 e. The van der Waals surface area contributed by atoms with Gasteiger partial charge in [0.05, 0.1) is 17.9 Å². The Morgan fingerprint density at radius 3 is 2.82 bits per heavy atom. The first kappa shape index (κ1) is 20.5. The van der Waals surface area contributed by atoms with E-state index in [1.807, 2.05) is 23.6 Å². The van der Waals surface area contributed by atoms with E-state index in [2.05, 4.69) is 41.7 Å². The van der Waals surface area contributed by atoms with E-state index in [4.69, 9.17) is 0 Å². The number of nitrogens with zero attached hydrogens (tertiary/aromatic N) is 4. The van der Waals surface area contributed by atoms with E-state index in [1.165, 1.54) is 23.1 Å². The molecule has 1 aromatic carbocycles. The average molecular weight is 481 g/mol. The summed E-state index contributed by atoms with van der Waals surface area (Å²) in [5.41, 5.74) is 0.554. The summed E-state index contributed by atoms with van der Waals surface area (Å²) in [7, 11) is 0. The van der Waals surface area contributed by atoms with Gasteiger partial charge in [0.2, 0.25) is 5.91 Å². The van der Waals surface area contributed by atoms with Crippen LogP contribution in [0.5, 0.6) is 0 Å². The molecule has 0 saturated heterocycles. The van der Waals surface area contributed by atoms with Crippen molar-refractivity contribution in [3.8, 4) is 0 Å². The minimum Gasteiger partial charge on any atom is -0.345 e. The lowest BCUT2D eigenvalue weighted by Crippen LogP contribution is -2.25. The summed E-state index contributed by atoms with van der Waals surface area (Å²) in [6, 6.07) is 7.21. The molecule has 2 aromatic heterocycles. The molecule has 0 bridgehead atoms. The molecule has 146 valence electrons. The van der Waals surface area contributed by atoms with Gasteiger partial charge in [-0.2, -0.15) is 0 Å². The van der Waals surface area contributed by atoms with Crippen molar-refractivity contribution in [1.82, 2.24) is 25.1 Å². The Kier molecular flexibility index (Phi) is 7.18. The van der Waals surface area contributed by atoms with Crippen LogP contribution in [-0.4, -0.2) is 37.3 Å². The smallest absolute Gasteiger partial charge is 0.252 e. The van der Waals surface area contributed by atoms with Gasteiger partial charge in [0.25, 0.3) is 5.91 Å². The maximum atomic E-state index is 12.4. The van der Waals surface area contributed by atoms with Crippen molar-refractivity contribution in [2.75, 3.05) is 11.1 Å². The van der Waals surface area contributed by atoms with Crippen molar-refractivity contribution >= 4 is 56.0 Å². The molecule has 0 radical (unpaired) electrons. The highest BCUT2D eigenvalue weighted by molar-refractivity contribution is 9.10. The van der Waals surface area contributed by atoms with Crippen molar-refractivity contribution in [3.05, 3.63) is 51.7 Å². The van der Waals surface area contributed by atoms with E-state index < -0.39 is 0 Å². The first-order chi connectivity index (χ1) is 13.6. The van der Waals surface area contributed by atoms with Crippen LogP contribution >= 0.6 is 39.0 Å². The van der Waals surface area contributed by atoms with Crippen molar-refractivity contribution in [3.63, 3.8) is 0 Å². The monoisotopic (exact) mass is 480 g/mol. The molecule has 0 fully saturated rings. The zero-order valence-electron chi connectivity index (χ0n) is 14.9. The van der Waals surface area contributed by atoms with Crippen molar-refractivity contribution in [2.24, 2.45) is 0 Å². The molecule has 2 amide bonds. The lowest BCUT2D eigenvalue weighted by Gasteiger charge is -2.09. The second kappa shape index (κ2) is 9.80. The average Bonchev–Trinajstić information content (AvgIpc) is 3.34. The Labute approximate surface area is 178 Å². The number of anilines is 1. The van der Waals surface area contributed by atoms with Crippen LogP contribution in [0.1, 0.15) is 23.1 Å². The number of hydrogen-bond acceptors (Lipinski definition) is 7. The quantitative estimate of drug-likeness (QED) is 0.480. The second-order valence-electron chi connectivity index (χ2n) is 5.48. The van der Waals surface area contributed by atoms with Gasteiger partial charge in [-0.1, -0.05) is 23.9 Å². The minimum atomic E-state index is -0.199. The van der Waals surface area contributed by atoms with Crippen molar-refractivity contribution in [2.45, 2.75) is 25.2 Å². The standard InChI is InChI=1S/C17H17BrN6O2S2/c1-2-24-13(9-20-15(26)11-5-3-4-6-12(11)18)22-23-17(24)28-10-14(25)21-16-19-7-8-27-16/h3-8H,2,9-10H2,1H3,(H,20,26)(H,19,21,25). The zero-order valence-corrected chi connectivity index (χ0v) is 18.1. The van der Waals surface area contributed by atoms with Crippen LogP contribution in [0, 0.1) is 0 Å². The lowest BCUT2D eigenvalue weighted by molar-refractivity contribution is -0.113. The van der Waals surface area contributed by atoms with Crippen LogP contribution in [0.2, 0.25) is 0 Å². The van der Waals surface area contributed by atoms with Crippen LogP contribution in [0.4, 0.5) is 5.13 Å². The molecule has 2 N–H and O–H groups in total. The van der Waals surface area contributed by atoms with Gasteiger partial charge in [0, 0.05) is 22.6 Å². The van der Waals surface area contributed by atoms with E-state index >= 15 is 0 Å². The molecule has 0 atom stereocenters. The van der Waals surface area contributed by atoms with Gasteiger partial charge in [-0.15, -0.1) is 21.5 Å². The van der Waals surface area contributed by atoms with Crippen LogP contribution in [0.15, 0.2) is 45.5 Å². The molecule has 2 heterocycles. The normalized spacial score (nSPS) is 10.6. The fourth-order valence-corrected chi connectivity index (χ4v) is 4.18. The summed E-state index contributed by atoms with van der Waals surface area (Å²) in [5, 5.41) is 16.9. The third-order valence-corrected chi connectivity index (χ3v) is 5.99. The fourth-order valence-electron chi connectivity index (χ4n) is 2.34. The van der Waals surface area contributed by atoms with Gasteiger partial charge < -0.3 is 15.2 Å². The Hall–Kier alpha value is -2.24. The number of aromatic nitrogens is 4. The molecule has 0 aliphatic carbocycles. The molecule has 0 aliphatic rings. The number of carbonyl (C=O) groups is 2. The second-order valence-corrected chi connectivity index (χ2v) is 8.17. The molecular weight excluding hydrogens is 464 g/mol. The Morgan fingerprint density at radius 1 is 1.29 bits per heavy atom. The summed E-state index contributed by atoms with van der Waals surface area (Å²) >= 11 is 6.03. The van der Waals surface area contributed by atoms with E-state index in [0.29, 0.717) is 28.2 Å². The summed E-state index contributed by atoms with van der Waals surface area (Å²) in [4.78, 5) is 28.4. The lowest BCUT2D eigenvalue weighted by atomic mass is 10.2. The van der Waals surface area contributed by atoms with E-state index in [9.17, 15) is 9.59 Å². The number of halogens is 1. The van der Waals surface area contributed by atoms with E-state index in [-0.39, 0.29) is 24.1 Å². The van der Waals surface area contributed by atoms with Crippen molar-refractivity contribution in [1.29, 1.82) is 0 Å². The molecule has 0 unspecified atom stereocenters. The largest absolute Gasteiger partial charge is 0.345 e. The van der Waals surface area contributed by atoms with E-state index in [1.54, 1.807) is 23.7 Å². The van der Waals surface area contributed by atoms with Gasteiger partial charge in [0.15, 0.2) is 16.1 Å². The Bertz CT molecular complexity index is 960. The number of hydrogen-bond donors (Lipinski definition) is 2. The van der Waals surface area contributed by atoms with Gasteiger partial charge >= 0.3 is 0 Å². The summed E-state index contributed by atoms with van der Waals surface area (Å²) in [6.45, 7) is 2.83.